The molecule has 120 valence electrons. The lowest BCUT2D eigenvalue weighted by Crippen LogP contribution is -2.14. The number of nitrogens with zero attached hydrogens (tertiary/aromatic N) is 4. The van der Waals surface area contributed by atoms with Gasteiger partial charge in [-0.25, -0.2) is 0 Å². The Kier molecular flexibility index (Phi) is 5.02. The zero-order chi connectivity index (χ0) is 16.8. The Morgan fingerprint density at radius 2 is 1.96 bits per heavy atom. The minimum absolute atomic E-state index is 0.107. The van der Waals surface area contributed by atoms with E-state index in [1.165, 1.54) is 11.8 Å². The molecule has 0 aliphatic rings. The lowest BCUT2D eigenvalue weighted by Gasteiger charge is -2.05. The number of aromatic nitrogens is 4. The van der Waals surface area contributed by atoms with E-state index in [0.717, 1.165) is 5.69 Å². The Morgan fingerprint density at radius 1 is 1.17 bits per heavy atom. The highest BCUT2D eigenvalue weighted by Crippen LogP contribution is 2.22. The third-order valence-electron chi connectivity index (χ3n) is 3.13. The van der Waals surface area contributed by atoms with Crippen molar-refractivity contribution in [2.45, 2.75) is 5.16 Å². The van der Waals surface area contributed by atoms with E-state index in [1.54, 1.807) is 17.0 Å². The van der Waals surface area contributed by atoms with Gasteiger partial charge in [0.25, 0.3) is 0 Å². The summed E-state index contributed by atoms with van der Waals surface area (Å²) in [6, 6.07) is 14.9. The van der Waals surface area contributed by atoms with Crippen molar-refractivity contribution in [1.82, 2.24) is 19.7 Å². The van der Waals surface area contributed by atoms with Crippen molar-refractivity contribution in [1.29, 1.82) is 0 Å². The molecular formula is C17H15N5OS. The normalized spacial score (nSPS) is 10.3. The molecule has 1 N–H and O–H groups in total. The van der Waals surface area contributed by atoms with Gasteiger partial charge in [-0.05, 0) is 24.3 Å². The van der Waals surface area contributed by atoms with Crippen LogP contribution in [0.3, 0.4) is 0 Å². The second-order valence-corrected chi connectivity index (χ2v) is 5.72. The predicted octanol–water partition coefficient (Wildman–Crippen LogP) is 3.17. The molecule has 0 aliphatic heterocycles. The SMILES string of the molecule is C=Cn1c(SCC(=O)Nc2ccccc2)nnc1-c1ccccn1. The summed E-state index contributed by atoms with van der Waals surface area (Å²) in [7, 11) is 0. The van der Waals surface area contributed by atoms with E-state index in [9.17, 15) is 4.79 Å². The Labute approximate surface area is 143 Å². The zero-order valence-electron chi connectivity index (χ0n) is 12.8. The van der Waals surface area contributed by atoms with Gasteiger partial charge < -0.3 is 5.32 Å². The number of thioether (sulfide) groups is 1. The van der Waals surface area contributed by atoms with Gasteiger partial charge in [0.2, 0.25) is 5.91 Å². The highest BCUT2D eigenvalue weighted by Gasteiger charge is 2.14. The highest BCUT2D eigenvalue weighted by atomic mass is 32.2. The molecule has 0 atom stereocenters. The average Bonchev–Trinajstić information content (AvgIpc) is 3.04. The van der Waals surface area contributed by atoms with Crippen molar-refractivity contribution in [3.63, 3.8) is 0 Å². The summed E-state index contributed by atoms with van der Waals surface area (Å²) < 4.78 is 1.72. The van der Waals surface area contributed by atoms with E-state index >= 15 is 0 Å². The monoisotopic (exact) mass is 337 g/mol. The summed E-state index contributed by atoms with van der Waals surface area (Å²) >= 11 is 1.29. The molecule has 0 bridgehead atoms. The maximum atomic E-state index is 12.0. The quantitative estimate of drug-likeness (QED) is 0.700. The fourth-order valence-electron chi connectivity index (χ4n) is 2.06. The number of carbonyl (C=O) groups excluding carboxylic acids is 1. The van der Waals surface area contributed by atoms with Gasteiger partial charge in [-0.15, -0.1) is 10.2 Å². The molecule has 3 aromatic rings. The smallest absolute Gasteiger partial charge is 0.234 e. The number of rotatable bonds is 6. The Morgan fingerprint density at radius 3 is 2.67 bits per heavy atom. The average molecular weight is 337 g/mol. The molecule has 0 saturated heterocycles. The van der Waals surface area contributed by atoms with Gasteiger partial charge in [-0.1, -0.05) is 42.6 Å². The summed E-state index contributed by atoms with van der Waals surface area (Å²) in [5, 5.41) is 11.7. The number of hydrogen-bond donors (Lipinski definition) is 1. The van der Waals surface area contributed by atoms with Crippen molar-refractivity contribution in [3.05, 3.63) is 61.3 Å². The third kappa shape index (κ3) is 3.69. The van der Waals surface area contributed by atoms with Crippen LogP contribution < -0.4 is 5.32 Å². The first-order chi connectivity index (χ1) is 11.8. The molecule has 0 saturated carbocycles. The van der Waals surface area contributed by atoms with Crippen LogP contribution in [0.5, 0.6) is 0 Å². The maximum Gasteiger partial charge on any atom is 0.234 e. The van der Waals surface area contributed by atoms with Crippen LogP contribution in [0.1, 0.15) is 0 Å². The second-order valence-electron chi connectivity index (χ2n) is 4.78. The van der Waals surface area contributed by atoms with Crippen molar-refractivity contribution in [2.75, 3.05) is 11.1 Å². The molecule has 2 aromatic heterocycles. The third-order valence-corrected chi connectivity index (χ3v) is 4.07. The minimum Gasteiger partial charge on any atom is -0.325 e. The van der Waals surface area contributed by atoms with Crippen LogP contribution in [0.4, 0.5) is 5.69 Å². The lowest BCUT2D eigenvalue weighted by atomic mass is 10.3. The summed E-state index contributed by atoms with van der Waals surface area (Å²) in [6.07, 6.45) is 3.30. The molecule has 1 aromatic carbocycles. The molecule has 6 nitrogen and oxygen atoms in total. The number of hydrogen-bond acceptors (Lipinski definition) is 5. The fourth-order valence-corrected chi connectivity index (χ4v) is 2.79. The van der Waals surface area contributed by atoms with Gasteiger partial charge in [0.05, 0.1) is 5.75 Å². The standard InChI is InChI=1S/C17H15N5OS/c1-2-22-16(14-10-6-7-11-18-14)20-21-17(22)24-12-15(23)19-13-8-4-3-5-9-13/h2-11H,1,12H2,(H,19,23). The minimum atomic E-state index is -0.107. The molecule has 0 fully saturated rings. The Hall–Kier alpha value is -2.93. The lowest BCUT2D eigenvalue weighted by molar-refractivity contribution is -0.113. The number of nitrogens with one attached hydrogen (secondary N) is 1. The highest BCUT2D eigenvalue weighted by molar-refractivity contribution is 7.99. The topological polar surface area (TPSA) is 72.7 Å². The Bertz CT molecular complexity index is 833. The second kappa shape index (κ2) is 7.56. The van der Waals surface area contributed by atoms with Gasteiger partial charge in [-0.2, -0.15) is 0 Å². The van der Waals surface area contributed by atoms with E-state index in [4.69, 9.17) is 0 Å². The summed E-state index contributed by atoms with van der Waals surface area (Å²) in [5.41, 5.74) is 1.47. The molecular weight excluding hydrogens is 322 g/mol. The van der Waals surface area contributed by atoms with Crippen molar-refractivity contribution in [2.24, 2.45) is 0 Å². The maximum absolute atomic E-state index is 12.0. The number of amides is 1. The molecule has 24 heavy (non-hydrogen) atoms. The first-order valence-corrected chi connectivity index (χ1v) is 8.23. The van der Waals surface area contributed by atoms with Crippen molar-refractivity contribution < 1.29 is 4.79 Å². The molecule has 0 radical (unpaired) electrons. The predicted molar refractivity (Wildman–Crippen MR) is 95.4 cm³/mol. The molecule has 0 aliphatic carbocycles. The van der Waals surface area contributed by atoms with Crippen LogP contribution in [0.15, 0.2) is 66.5 Å². The van der Waals surface area contributed by atoms with Crippen molar-refractivity contribution >= 4 is 29.6 Å². The van der Waals surface area contributed by atoms with E-state index in [0.29, 0.717) is 16.7 Å². The number of benzene rings is 1. The molecule has 0 spiro atoms. The van der Waals surface area contributed by atoms with E-state index in [1.807, 2.05) is 48.5 Å². The van der Waals surface area contributed by atoms with Crippen LogP contribution >= 0.6 is 11.8 Å². The molecule has 0 unspecified atom stereocenters. The fraction of sp³-hybridized carbons (Fsp3) is 0.0588. The van der Waals surface area contributed by atoms with Gasteiger partial charge in [0.15, 0.2) is 11.0 Å². The number of anilines is 1. The van der Waals surface area contributed by atoms with Crippen LogP contribution in [-0.2, 0) is 4.79 Å². The van der Waals surface area contributed by atoms with Gasteiger partial charge in [0.1, 0.15) is 5.69 Å². The van der Waals surface area contributed by atoms with Gasteiger partial charge in [0, 0.05) is 18.1 Å². The molecule has 7 heteroatoms. The summed E-state index contributed by atoms with van der Waals surface area (Å²) in [4.78, 5) is 16.3. The zero-order valence-corrected chi connectivity index (χ0v) is 13.6. The first-order valence-electron chi connectivity index (χ1n) is 7.24. The Balaban J connectivity index is 1.69. The van der Waals surface area contributed by atoms with Gasteiger partial charge >= 0.3 is 0 Å². The van der Waals surface area contributed by atoms with Crippen LogP contribution in [0, 0.1) is 0 Å². The molecule has 1 amide bonds. The largest absolute Gasteiger partial charge is 0.325 e. The van der Waals surface area contributed by atoms with Gasteiger partial charge in [-0.3, -0.25) is 14.3 Å². The number of carbonyl (C=O) groups is 1. The summed E-state index contributed by atoms with van der Waals surface area (Å²) in [5.74, 6) is 0.712. The van der Waals surface area contributed by atoms with Crippen LogP contribution in [0.2, 0.25) is 0 Å². The van der Waals surface area contributed by atoms with Crippen LogP contribution in [-0.4, -0.2) is 31.4 Å². The first kappa shape index (κ1) is 15.9. The number of pyridine rings is 1. The summed E-state index contributed by atoms with van der Waals surface area (Å²) in [6.45, 7) is 3.79. The van der Waals surface area contributed by atoms with E-state index in [-0.39, 0.29) is 11.7 Å². The van der Waals surface area contributed by atoms with E-state index < -0.39 is 0 Å². The molecule has 2 heterocycles. The van der Waals surface area contributed by atoms with E-state index in [2.05, 4.69) is 27.1 Å². The number of para-hydroxylation sites is 1. The van der Waals surface area contributed by atoms with Crippen LogP contribution in [0.25, 0.3) is 17.7 Å². The van der Waals surface area contributed by atoms with Crippen molar-refractivity contribution in [3.8, 4) is 11.5 Å². The molecule has 3 rings (SSSR count).